The van der Waals surface area contributed by atoms with Gasteiger partial charge >= 0.3 is 0 Å². The lowest BCUT2D eigenvalue weighted by Crippen LogP contribution is -2.49. The standard InChI is InChI=1S/C21H23FN6O.ClH/c1-14(2)20-25-19(26-28(20)17-7-3-6-16(22)11-17)21(29)27-10-9-24-13-18(27)15-5-4-8-23-12-15;/h3-8,11-12,14,18,24H,9-10,13H2,1-2H3;1H. The summed E-state index contributed by atoms with van der Waals surface area (Å²) in [7, 11) is 0. The third kappa shape index (κ3) is 4.34. The number of amides is 1. The molecule has 3 heterocycles. The lowest BCUT2D eigenvalue weighted by Gasteiger charge is -2.35. The van der Waals surface area contributed by atoms with Crippen LogP contribution < -0.4 is 5.32 Å². The molecule has 0 saturated carbocycles. The van der Waals surface area contributed by atoms with Crippen LogP contribution in [-0.2, 0) is 0 Å². The number of aromatic nitrogens is 4. The molecule has 158 valence electrons. The average Bonchev–Trinajstić information content (AvgIpc) is 3.20. The fraction of sp³-hybridized carbons (Fsp3) is 0.333. The van der Waals surface area contributed by atoms with Crippen molar-refractivity contribution in [1.29, 1.82) is 0 Å². The van der Waals surface area contributed by atoms with Gasteiger partial charge in [-0.1, -0.05) is 26.0 Å². The molecule has 1 aromatic carbocycles. The second-order valence-corrected chi connectivity index (χ2v) is 7.34. The Hall–Kier alpha value is -2.84. The van der Waals surface area contributed by atoms with Gasteiger partial charge < -0.3 is 10.2 Å². The molecule has 1 aliphatic heterocycles. The molecule has 1 saturated heterocycles. The number of hydrogen-bond acceptors (Lipinski definition) is 5. The molecule has 3 aromatic rings. The van der Waals surface area contributed by atoms with Crippen molar-refractivity contribution in [3.8, 4) is 5.69 Å². The highest BCUT2D eigenvalue weighted by Crippen LogP contribution is 2.24. The van der Waals surface area contributed by atoms with Crippen LogP contribution in [0.1, 0.15) is 47.8 Å². The molecule has 0 radical (unpaired) electrons. The number of rotatable bonds is 4. The lowest BCUT2D eigenvalue weighted by atomic mass is 10.1. The van der Waals surface area contributed by atoms with Crippen molar-refractivity contribution in [3.63, 3.8) is 0 Å². The summed E-state index contributed by atoms with van der Waals surface area (Å²) in [6.07, 6.45) is 3.49. The van der Waals surface area contributed by atoms with Gasteiger partial charge in [0.15, 0.2) is 0 Å². The minimum atomic E-state index is -0.362. The molecule has 1 amide bonds. The highest BCUT2D eigenvalue weighted by atomic mass is 35.5. The number of benzene rings is 1. The van der Waals surface area contributed by atoms with Crippen molar-refractivity contribution in [2.45, 2.75) is 25.8 Å². The summed E-state index contributed by atoms with van der Waals surface area (Å²) in [5.74, 6) is 0.155. The second-order valence-electron chi connectivity index (χ2n) is 7.34. The predicted molar refractivity (Wildman–Crippen MR) is 114 cm³/mol. The Morgan fingerprint density at radius 2 is 2.10 bits per heavy atom. The summed E-state index contributed by atoms with van der Waals surface area (Å²) >= 11 is 0. The number of carbonyl (C=O) groups is 1. The zero-order chi connectivity index (χ0) is 20.4. The first-order valence-electron chi connectivity index (χ1n) is 9.69. The quantitative estimate of drug-likeness (QED) is 0.688. The van der Waals surface area contributed by atoms with Gasteiger partial charge in [-0.3, -0.25) is 9.78 Å². The van der Waals surface area contributed by atoms with Crippen LogP contribution in [-0.4, -0.2) is 50.2 Å². The molecule has 1 atom stereocenters. The zero-order valence-corrected chi connectivity index (χ0v) is 17.6. The van der Waals surface area contributed by atoms with E-state index < -0.39 is 0 Å². The first-order chi connectivity index (χ1) is 14.0. The molecule has 30 heavy (non-hydrogen) atoms. The number of halogens is 2. The van der Waals surface area contributed by atoms with Crippen LogP contribution >= 0.6 is 12.4 Å². The van der Waals surface area contributed by atoms with Crippen molar-refractivity contribution in [2.24, 2.45) is 0 Å². The number of nitrogens with zero attached hydrogens (tertiary/aromatic N) is 5. The normalized spacial score (nSPS) is 16.4. The minimum absolute atomic E-state index is 0. The topological polar surface area (TPSA) is 75.9 Å². The van der Waals surface area contributed by atoms with Gasteiger partial charge in [0, 0.05) is 37.9 Å². The summed E-state index contributed by atoms with van der Waals surface area (Å²) in [6, 6.07) is 9.81. The highest BCUT2D eigenvalue weighted by Gasteiger charge is 2.32. The summed E-state index contributed by atoms with van der Waals surface area (Å²) in [5, 5.41) is 7.78. The molecule has 1 N–H and O–H groups in total. The SMILES string of the molecule is CC(C)c1nc(C(=O)N2CCNCC2c2cccnc2)nn1-c1cccc(F)c1.Cl. The van der Waals surface area contributed by atoms with E-state index in [-0.39, 0.29) is 41.9 Å². The number of pyridine rings is 1. The van der Waals surface area contributed by atoms with E-state index in [1.165, 1.54) is 12.1 Å². The van der Waals surface area contributed by atoms with Crippen molar-refractivity contribution in [1.82, 2.24) is 30.0 Å². The maximum Gasteiger partial charge on any atom is 0.294 e. The van der Waals surface area contributed by atoms with E-state index in [0.29, 0.717) is 31.1 Å². The first kappa shape index (κ1) is 21.9. The maximum atomic E-state index is 13.7. The van der Waals surface area contributed by atoms with E-state index >= 15 is 0 Å². The van der Waals surface area contributed by atoms with Gasteiger partial charge in [0.1, 0.15) is 11.6 Å². The number of piperazine rings is 1. The monoisotopic (exact) mass is 430 g/mol. The Morgan fingerprint density at radius 1 is 1.27 bits per heavy atom. The van der Waals surface area contributed by atoms with E-state index in [0.717, 1.165) is 5.56 Å². The van der Waals surface area contributed by atoms with Crippen LogP contribution in [0.2, 0.25) is 0 Å². The van der Waals surface area contributed by atoms with E-state index in [4.69, 9.17) is 0 Å². The van der Waals surface area contributed by atoms with Crippen molar-refractivity contribution in [2.75, 3.05) is 19.6 Å². The largest absolute Gasteiger partial charge is 0.326 e. The van der Waals surface area contributed by atoms with Crippen LogP contribution in [0.15, 0.2) is 48.8 Å². The van der Waals surface area contributed by atoms with Gasteiger partial charge in [-0.2, -0.15) is 0 Å². The highest BCUT2D eigenvalue weighted by molar-refractivity contribution is 5.91. The summed E-state index contributed by atoms with van der Waals surface area (Å²) in [6.45, 7) is 5.82. The molecule has 0 spiro atoms. The number of nitrogens with one attached hydrogen (secondary N) is 1. The van der Waals surface area contributed by atoms with Gasteiger partial charge in [0.2, 0.25) is 5.82 Å². The Labute approximate surface area is 180 Å². The van der Waals surface area contributed by atoms with Crippen LogP contribution in [0.4, 0.5) is 4.39 Å². The summed E-state index contributed by atoms with van der Waals surface area (Å²) in [5.41, 5.74) is 1.51. The lowest BCUT2D eigenvalue weighted by molar-refractivity contribution is 0.0621. The number of carbonyl (C=O) groups excluding carboxylic acids is 1. The van der Waals surface area contributed by atoms with Gasteiger partial charge in [-0.15, -0.1) is 17.5 Å². The molecule has 7 nitrogen and oxygen atoms in total. The third-order valence-corrected chi connectivity index (χ3v) is 4.97. The Balaban J connectivity index is 0.00000256. The van der Waals surface area contributed by atoms with E-state index in [9.17, 15) is 9.18 Å². The Bertz CT molecular complexity index is 1010. The van der Waals surface area contributed by atoms with Gasteiger partial charge in [-0.05, 0) is 29.8 Å². The van der Waals surface area contributed by atoms with Crippen molar-refractivity contribution < 1.29 is 9.18 Å². The van der Waals surface area contributed by atoms with Crippen LogP contribution in [0.25, 0.3) is 5.69 Å². The van der Waals surface area contributed by atoms with Gasteiger partial charge in [0.25, 0.3) is 5.91 Å². The first-order valence-corrected chi connectivity index (χ1v) is 9.69. The fourth-order valence-corrected chi connectivity index (χ4v) is 3.53. The van der Waals surface area contributed by atoms with Gasteiger partial charge in [-0.25, -0.2) is 14.1 Å². The van der Waals surface area contributed by atoms with Crippen molar-refractivity contribution >= 4 is 18.3 Å². The molecular weight excluding hydrogens is 407 g/mol. The molecule has 0 bridgehead atoms. The molecule has 1 fully saturated rings. The molecule has 9 heteroatoms. The molecular formula is C21H24ClFN6O. The van der Waals surface area contributed by atoms with E-state index in [1.54, 1.807) is 34.1 Å². The average molecular weight is 431 g/mol. The zero-order valence-electron chi connectivity index (χ0n) is 16.8. The Morgan fingerprint density at radius 3 is 2.80 bits per heavy atom. The third-order valence-electron chi connectivity index (χ3n) is 4.97. The van der Waals surface area contributed by atoms with E-state index in [2.05, 4.69) is 20.4 Å². The molecule has 4 rings (SSSR count). The van der Waals surface area contributed by atoms with Crippen LogP contribution in [0.5, 0.6) is 0 Å². The molecule has 0 aliphatic carbocycles. The summed E-state index contributed by atoms with van der Waals surface area (Å²) < 4.78 is 15.3. The van der Waals surface area contributed by atoms with E-state index in [1.807, 2.05) is 26.0 Å². The van der Waals surface area contributed by atoms with Crippen molar-refractivity contribution in [3.05, 3.63) is 71.8 Å². The molecule has 1 aliphatic rings. The van der Waals surface area contributed by atoms with Crippen LogP contribution in [0.3, 0.4) is 0 Å². The maximum absolute atomic E-state index is 13.7. The fourth-order valence-electron chi connectivity index (χ4n) is 3.53. The van der Waals surface area contributed by atoms with Gasteiger partial charge in [0.05, 0.1) is 11.7 Å². The predicted octanol–water partition coefficient (Wildman–Crippen LogP) is 3.13. The smallest absolute Gasteiger partial charge is 0.294 e. The number of hydrogen-bond donors (Lipinski definition) is 1. The second kappa shape index (κ2) is 9.32. The minimum Gasteiger partial charge on any atom is -0.326 e. The Kier molecular flexibility index (Phi) is 6.79. The molecule has 2 aromatic heterocycles. The van der Waals surface area contributed by atoms with Crippen LogP contribution in [0, 0.1) is 5.82 Å². The molecule has 1 unspecified atom stereocenters. The summed E-state index contributed by atoms with van der Waals surface area (Å²) in [4.78, 5) is 23.8.